The van der Waals surface area contributed by atoms with Crippen molar-refractivity contribution < 1.29 is 4.79 Å². The van der Waals surface area contributed by atoms with E-state index in [1.807, 2.05) is 12.4 Å². The van der Waals surface area contributed by atoms with Crippen LogP contribution in [-0.4, -0.2) is 6.29 Å². The maximum Gasteiger partial charge on any atom is 0.228 e. The van der Waals surface area contributed by atoms with Gasteiger partial charge in [0.05, 0.1) is 0 Å². The van der Waals surface area contributed by atoms with E-state index in [1.54, 1.807) is 6.92 Å². The molecule has 9 heavy (non-hydrogen) atoms. The van der Waals surface area contributed by atoms with Crippen LogP contribution < -0.4 is 0 Å². The fourth-order valence-electron chi connectivity index (χ4n) is 0.564. The molecule has 0 aromatic carbocycles. The standard InChI is InChI=1S/C8H13O/c1-3-4-5-6-8(2)7-9/h6H,3-5H2,1-2H3. The molecule has 0 N–H and O–H groups in total. The molecule has 0 rings (SSSR count). The van der Waals surface area contributed by atoms with Crippen LogP contribution in [0.5, 0.6) is 0 Å². The van der Waals surface area contributed by atoms with Gasteiger partial charge in [0.2, 0.25) is 6.29 Å². The monoisotopic (exact) mass is 125 g/mol. The summed E-state index contributed by atoms with van der Waals surface area (Å²) in [6.45, 7) is 3.91. The van der Waals surface area contributed by atoms with E-state index in [9.17, 15) is 4.79 Å². The van der Waals surface area contributed by atoms with Crippen LogP contribution in [0.2, 0.25) is 0 Å². The minimum atomic E-state index is 0.725. The molecule has 0 aliphatic heterocycles. The van der Waals surface area contributed by atoms with Gasteiger partial charge in [0.15, 0.2) is 0 Å². The van der Waals surface area contributed by atoms with Crippen molar-refractivity contribution in [2.24, 2.45) is 0 Å². The Bertz CT molecular complexity index is 103. The number of allylic oxidation sites excluding steroid dienone is 2. The summed E-state index contributed by atoms with van der Waals surface area (Å²) < 4.78 is 0. The molecule has 0 heterocycles. The highest BCUT2D eigenvalue weighted by Gasteiger charge is 1.83. The molecule has 0 aromatic heterocycles. The van der Waals surface area contributed by atoms with Crippen molar-refractivity contribution >= 4 is 6.29 Å². The zero-order valence-electron chi connectivity index (χ0n) is 6.11. The second kappa shape index (κ2) is 5.54. The third kappa shape index (κ3) is 5.28. The summed E-state index contributed by atoms with van der Waals surface area (Å²) in [4.78, 5) is 9.91. The molecule has 1 heteroatoms. The van der Waals surface area contributed by atoms with Crippen LogP contribution in [0.4, 0.5) is 0 Å². The Morgan fingerprint density at radius 3 is 2.78 bits per heavy atom. The number of rotatable bonds is 4. The fourth-order valence-corrected chi connectivity index (χ4v) is 0.564. The van der Waals surface area contributed by atoms with Crippen LogP contribution in [-0.2, 0) is 4.79 Å². The summed E-state index contributed by atoms with van der Waals surface area (Å²) >= 11 is 0. The first-order chi connectivity index (χ1) is 4.31. The van der Waals surface area contributed by atoms with Gasteiger partial charge in [-0.25, -0.2) is 0 Å². The third-order valence-corrected chi connectivity index (χ3v) is 1.17. The van der Waals surface area contributed by atoms with Crippen LogP contribution in [0.3, 0.4) is 0 Å². The molecule has 0 spiro atoms. The summed E-state index contributed by atoms with van der Waals surface area (Å²) in [6, 6.07) is 0. The molecule has 0 aromatic rings. The third-order valence-electron chi connectivity index (χ3n) is 1.17. The van der Waals surface area contributed by atoms with Gasteiger partial charge in [0, 0.05) is 0 Å². The molecule has 0 amide bonds. The zero-order valence-corrected chi connectivity index (χ0v) is 6.11. The first-order valence-corrected chi connectivity index (χ1v) is 3.36. The van der Waals surface area contributed by atoms with E-state index in [2.05, 4.69) is 6.92 Å². The molecule has 0 bridgehead atoms. The van der Waals surface area contributed by atoms with E-state index in [4.69, 9.17) is 0 Å². The van der Waals surface area contributed by atoms with Gasteiger partial charge < -0.3 is 0 Å². The molecular weight excluding hydrogens is 112 g/mol. The largest absolute Gasteiger partial charge is 0.285 e. The highest BCUT2D eigenvalue weighted by atomic mass is 16.1. The maximum atomic E-state index is 9.91. The number of hydrogen-bond donors (Lipinski definition) is 0. The summed E-state index contributed by atoms with van der Waals surface area (Å²) in [5, 5.41) is 0. The van der Waals surface area contributed by atoms with E-state index in [0.717, 1.165) is 12.0 Å². The minimum Gasteiger partial charge on any atom is -0.285 e. The van der Waals surface area contributed by atoms with Gasteiger partial charge >= 0.3 is 0 Å². The van der Waals surface area contributed by atoms with Crippen molar-refractivity contribution in [3.05, 3.63) is 11.6 Å². The molecular formula is C8H13O. The van der Waals surface area contributed by atoms with E-state index >= 15 is 0 Å². The van der Waals surface area contributed by atoms with Crippen LogP contribution in [0.25, 0.3) is 0 Å². The van der Waals surface area contributed by atoms with Crippen molar-refractivity contribution in [2.45, 2.75) is 33.1 Å². The van der Waals surface area contributed by atoms with Crippen molar-refractivity contribution in [3.8, 4) is 0 Å². The van der Waals surface area contributed by atoms with Crippen molar-refractivity contribution in [2.75, 3.05) is 0 Å². The lowest BCUT2D eigenvalue weighted by Crippen LogP contribution is -1.75. The Kier molecular flexibility index (Phi) is 5.18. The van der Waals surface area contributed by atoms with Gasteiger partial charge in [-0.2, -0.15) is 0 Å². The molecule has 0 aliphatic carbocycles. The first kappa shape index (κ1) is 8.41. The molecule has 0 unspecified atom stereocenters. The average Bonchev–Trinajstić information content (AvgIpc) is 1.89. The first-order valence-electron chi connectivity index (χ1n) is 3.36. The van der Waals surface area contributed by atoms with E-state index in [1.165, 1.54) is 12.8 Å². The van der Waals surface area contributed by atoms with Crippen LogP contribution in [0.1, 0.15) is 33.1 Å². The minimum absolute atomic E-state index is 0.725. The Morgan fingerprint density at radius 2 is 2.33 bits per heavy atom. The number of unbranched alkanes of at least 4 members (excludes halogenated alkanes) is 2. The molecule has 51 valence electrons. The summed E-state index contributed by atoms with van der Waals surface area (Å²) in [5.74, 6) is 0. The normalized spacial score (nSPS) is 11.6. The summed E-state index contributed by atoms with van der Waals surface area (Å²) in [6.07, 6.45) is 7.12. The molecule has 1 nitrogen and oxygen atoms in total. The van der Waals surface area contributed by atoms with Gasteiger partial charge in [-0.05, 0) is 18.9 Å². The quantitative estimate of drug-likeness (QED) is 0.416. The SMILES string of the molecule is CCCCC=C(C)[C]=O. The lowest BCUT2D eigenvalue weighted by atomic mass is 10.2. The Balaban J connectivity index is 3.31. The van der Waals surface area contributed by atoms with E-state index < -0.39 is 0 Å². The highest BCUT2D eigenvalue weighted by Crippen LogP contribution is 1.97. The van der Waals surface area contributed by atoms with Crippen molar-refractivity contribution in [1.29, 1.82) is 0 Å². The van der Waals surface area contributed by atoms with Crippen LogP contribution >= 0.6 is 0 Å². The second-order valence-corrected chi connectivity index (χ2v) is 2.13. The molecule has 0 saturated heterocycles. The molecule has 0 fully saturated rings. The van der Waals surface area contributed by atoms with Crippen molar-refractivity contribution in [3.63, 3.8) is 0 Å². The van der Waals surface area contributed by atoms with Gasteiger partial charge in [-0.3, -0.25) is 4.79 Å². The van der Waals surface area contributed by atoms with Crippen molar-refractivity contribution in [1.82, 2.24) is 0 Å². The lowest BCUT2D eigenvalue weighted by Gasteiger charge is -1.87. The van der Waals surface area contributed by atoms with Gasteiger partial charge in [-0.1, -0.05) is 25.8 Å². The van der Waals surface area contributed by atoms with Gasteiger partial charge in [0.1, 0.15) is 0 Å². The summed E-state index contributed by atoms with van der Waals surface area (Å²) in [5.41, 5.74) is 0.725. The molecule has 0 saturated carbocycles. The Morgan fingerprint density at radius 1 is 1.67 bits per heavy atom. The van der Waals surface area contributed by atoms with E-state index in [0.29, 0.717) is 0 Å². The summed E-state index contributed by atoms with van der Waals surface area (Å²) in [7, 11) is 0. The zero-order chi connectivity index (χ0) is 7.11. The highest BCUT2D eigenvalue weighted by molar-refractivity contribution is 5.72. The second-order valence-electron chi connectivity index (χ2n) is 2.13. The van der Waals surface area contributed by atoms with Crippen LogP contribution in [0, 0.1) is 0 Å². The van der Waals surface area contributed by atoms with Gasteiger partial charge in [0.25, 0.3) is 0 Å². The molecule has 0 aliphatic rings. The van der Waals surface area contributed by atoms with Gasteiger partial charge in [-0.15, -0.1) is 0 Å². The number of hydrogen-bond acceptors (Lipinski definition) is 1. The fraction of sp³-hybridized carbons (Fsp3) is 0.625. The lowest BCUT2D eigenvalue weighted by molar-refractivity contribution is 0.561. The predicted octanol–water partition coefficient (Wildman–Crippen LogP) is 2.23. The maximum absolute atomic E-state index is 9.91. The van der Waals surface area contributed by atoms with E-state index in [-0.39, 0.29) is 0 Å². The van der Waals surface area contributed by atoms with Crippen LogP contribution in [0.15, 0.2) is 11.6 Å². The molecule has 0 atom stereocenters. The smallest absolute Gasteiger partial charge is 0.228 e. The number of carbonyl (C=O) groups excluding carboxylic acids is 1. The topological polar surface area (TPSA) is 17.1 Å². The Labute approximate surface area is 56.8 Å². The predicted molar refractivity (Wildman–Crippen MR) is 39.0 cm³/mol. The molecule has 1 radical (unpaired) electrons. The average molecular weight is 125 g/mol. The Hall–Kier alpha value is -0.590.